The molecule has 0 radical (unpaired) electrons. The number of nitrogens with zero attached hydrogens (tertiary/aromatic N) is 2. The minimum absolute atomic E-state index is 0.182. The lowest BCUT2D eigenvalue weighted by Gasteiger charge is -2.13. The molecule has 0 aliphatic rings. The van der Waals surface area contributed by atoms with E-state index in [9.17, 15) is 0 Å². The van der Waals surface area contributed by atoms with Crippen LogP contribution in [-0.2, 0) is 0 Å². The SMILES string of the molecule is COc1cc2nc(Cl)nc(C)c2c(N)c1OC. The third-order valence-electron chi connectivity index (χ3n) is 2.52. The van der Waals surface area contributed by atoms with E-state index in [1.54, 1.807) is 13.2 Å². The van der Waals surface area contributed by atoms with Crippen LogP contribution in [0.1, 0.15) is 5.69 Å². The lowest BCUT2D eigenvalue weighted by molar-refractivity contribution is 0.357. The average Bonchev–Trinajstić information content (AvgIpc) is 2.27. The van der Waals surface area contributed by atoms with Crippen LogP contribution in [0.4, 0.5) is 5.69 Å². The maximum atomic E-state index is 6.03. The van der Waals surface area contributed by atoms with Crippen LogP contribution in [0.5, 0.6) is 11.5 Å². The molecule has 1 aromatic carbocycles. The molecule has 2 N–H and O–H groups in total. The second-order valence-electron chi connectivity index (χ2n) is 3.50. The Bertz CT molecular complexity index is 587. The minimum atomic E-state index is 0.182. The van der Waals surface area contributed by atoms with Gasteiger partial charge in [-0.15, -0.1) is 0 Å². The first kappa shape index (κ1) is 11.7. The predicted octanol–water partition coefficient (Wildman–Crippen LogP) is 2.19. The molecule has 6 heteroatoms. The van der Waals surface area contributed by atoms with Crippen molar-refractivity contribution in [3.05, 3.63) is 17.0 Å². The maximum Gasteiger partial charge on any atom is 0.223 e. The summed E-state index contributed by atoms with van der Waals surface area (Å²) in [7, 11) is 3.07. The Morgan fingerprint density at radius 1 is 1.24 bits per heavy atom. The molecular weight excluding hydrogens is 242 g/mol. The van der Waals surface area contributed by atoms with Gasteiger partial charge in [0.1, 0.15) is 0 Å². The van der Waals surface area contributed by atoms with Crippen LogP contribution >= 0.6 is 11.6 Å². The lowest BCUT2D eigenvalue weighted by Crippen LogP contribution is -2.00. The van der Waals surface area contributed by atoms with Gasteiger partial charge in [-0.05, 0) is 18.5 Å². The fraction of sp³-hybridized carbons (Fsp3) is 0.273. The number of nitrogen functional groups attached to an aromatic ring is 1. The molecule has 2 rings (SSSR count). The van der Waals surface area contributed by atoms with Crippen LogP contribution in [-0.4, -0.2) is 24.2 Å². The molecule has 0 aliphatic heterocycles. The van der Waals surface area contributed by atoms with E-state index in [2.05, 4.69) is 9.97 Å². The number of aromatic nitrogens is 2. The summed E-state index contributed by atoms with van der Waals surface area (Å²) in [4.78, 5) is 8.19. The zero-order chi connectivity index (χ0) is 12.6. The van der Waals surface area contributed by atoms with Gasteiger partial charge in [-0.3, -0.25) is 0 Å². The molecule has 1 heterocycles. The van der Waals surface area contributed by atoms with Crippen molar-refractivity contribution in [2.45, 2.75) is 6.92 Å². The molecule has 0 aliphatic carbocycles. The Labute approximate surface area is 104 Å². The van der Waals surface area contributed by atoms with Gasteiger partial charge in [0.25, 0.3) is 0 Å². The highest BCUT2D eigenvalue weighted by Gasteiger charge is 2.16. The van der Waals surface area contributed by atoms with E-state index in [1.165, 1.54) is 7.11 Å². The van der Waals surface area contributed by atoms with Gasteiger partial charge >= 0.3 is 0 Å². The van der Waals surface area contributed by atoms with E-state index in [0.717, 1.165) is 5.39 Å². The van der Waals surface area contributed by atoms with Crippen LogP contribution < -0.4 is 15.2 Å². The van der Waals surface area contributed by atoms with Crippen molar-refractivity contribution in [1.82, 2.24) is 9.97 Å². The highest BCUT2D eigenvalue weighted by molar-refractivity contribution is 6.28. The molecule has 0 spiro atoms. The number of nitrogens with two attached hydrogens (primary N) is 1. The molecule has 0 saturated carbocycles. The number of fused-ring (bicyclic) bond motifs is 1. The van der Waals surface area contributed by atoms with Gasteiger partial charge in [-0.25, -0.2) is 9.97 Å². The third-order valence-corrected chi connectivity index (χ3v) is 2.69. The van der Waals surface area contributed by atoms with E-state index in [4.69, 9.17) is 26.8 Å². The number of methoxy groups -OCH3 is 2. The van der Waals surface area contributed by atoms with Crippen molar-refractivity contribution in [3.8, 4) is 11.5 Å². The van der Waals surface area contributed by atoms with Gasteiger partial charge in [0.2, 0.25) is 5.28 Å². The van der Waals surface area contributed by atoms with E-state index >= 15 is 0 Å². The quantitative estimate of drug-likeness (QED) is 0.656. The van der Waals surface area contributed by atoms with Crippen molar-refractivity contribution >= 4 is 28.2 Å². The van der Waals surface area contributed by atoms with Crippen molar-refractivity contribution in [3.63, 3.8) is 0 Å². The van der Waals surface area contributed by atoms with Crippen LogP contribution in [0.2, 0.25) is 5.28 Å². The number of anilines is 1. The molecule has 0 bridgehead atoms. The van der Waals surface area contributed by atoms with Crippen molar-refractivity contribution < 1.29 is 9.47 Å². The first-order valence-electron chi connectivity index (χ1n) is 4.92. The Morgan fingerprint density at radius 3 is 2.53 bits per heavy atom. The van der Waals surface area contributed by atoms with Gasteiger partial charge in [-0.1, -0.05) is 0 Å². The first-order chi connectivity index (χ1) is 8.08. The summed E-state index contributed by atoms with van der Waals surface area (Å²) in [5.41, 5.74) is 7.83. The molecule has 0 unspecified atom stereocenters. The number of halogens is 1. The normalized spacial score (nSPS) is 10.6. The monoisotopic (exact) mass is 253 g/mol. The number of benzene rings is 1. The van der Waals surface area contributed by atoms with Crippen molar-refractivity contribution in [2.24, 2.45) is 0 Å². The van der Waals surface area contributed by atoms with Crippen molar-refractivity contribution in [2.75, 3.05) is 20.0 Å². The first-order valence-corrected chi connectivity index (χ1v) is 5.30. The molecule has 90 valence electrons. The molecule has 0 saturated heterocycles. The maximum absolute atomic E-state index is 6.03. The van der Waals surface area contributed by atoms with Gasteiger partial charge in [0.15, 0.2) is 11.5 Å². The van der Waals surface area contributed by atoms with Gasteiger partial charge < -0.3 is 15.2 Å². The Kier molecular flexibility index (Phi) is 2.93. The topological polar surface area (TPSA) is 70.3 Å². The number of hydrogen-bond donors (Lipinski definition) is 1. The molecule has 17 heavy (non-hydrogen) atoms. The molecule has 5 nitrogen and oxygen atoms in total. The fourth-order valence-corrected chi connectivity index (χ4v) is 2.01. The molecular formula is C11H12ClN3O2. The van der Waals surface area contributed by atoms with E-state index in [1.807, 2.05) is 6.92 Å². The highest BCUT2D eigenvalue weighted by Crippen LogP contribution is 2.39. The predicted molar refractivity (Wildman–Crippen MR) is 66.8 cm³/mol. The van der Waals surface area contributed by atoms with Crippen LogP contribution in [0, 0.1) is 6.92 Å². The van der Waals surface area contributed by atoms with Gasteiger partial charge in [0.05, 0.1) is 31.1 Å². The van der Waals surface area contributed by atoms with E-state index < -0.39 is 0 Å². The van der Waals surface area contributed by atoms with Crippen molar-refractivity contribution in [1.29, 1.82) is 0 Å². The van der Waals surface area contributed by atoms with Crippen LogP contribution in [0.25, 0.3) is 10.9 Å². The summed E-state index contributed by atoms with van der Waals surface area (Å²) in [6, 6.07) is 1.73. The molecule has 2 aromatic rings. The summed E-state index contributed by atoms with van der Waals surface area (Å²) >= 11 is 5.81. The number of aryl methyl sites for hydroxylation is 1. The standard InChI is InChI=1S/C11H12ClN3O2/c1-5-8-6(15-11(12)14-5)4-7(16-2)10(17-3)9(8)13/h4H,13H2,1-3H3. The lowest BCUT2D eigenvalue weighted by atomic mass is 10.1. The molecule has 0 atom stereocenters. The summed E-state index contributed by atoms with van der Waals surface area (Å²) in [5, 5.41) is 0.911. The largest absolute Gasteiger partial charge is 0.493 e. The number of rotatable bonds is 2. The summed E-state index contributed by atoms with van der Waals surface area (Å²) in [6.45, 7) is 1.82. The zero-order valence-electron chi connectivity index (χ0n) is 9.74. The second kappa shape index (κ2) is 4.25. The van der Waals surface area contributed by atoms with E-state index in [-0.39, 0.29) is 5.28 Å². The number of hydrogen-bond acceptors (Lipinski definition) is 5. The summed E-state index contributed by atoms with van der Waals surface area (Å²) in [5.74, 6) is 1.00. The minimum Gasteiger partial charge on any atom is -0.493 e. The van der Waals surface area contributed by atoms with Gasteiger partial charge in [0, 0.05) is 11.5 Å². The van der Waals surface area contributed by atoms with E-state index in [0.29, 0.717) is 28.4 Å². The summed E-state index contributed by atoms with van der Waals surface area (Å²) < 4.78 is 10.4. The third kappa shape index (κ3) is 1.82. The Morgan fingerprint density at radius 2 is 1.94 bits per heavy atom. The molecule has 1 aromatic heterocycles. The number of ether oxygens (including phenoxy) is 2. The summed E-state index contributed by atoms with van der Waals surface area (Å²) in [6.07, 6.45) is 0. The highest BCUT2D eigenvalue weighted by atomic mass is 35.5. The fourth-order valence-electron chi connectivity index (χ4n) is 1.80. The average molecular weight is 254 g/mol. The second-order valence-corrected chi connectivity index (χ2v) is 3.84. The Balaban J connectivity index is 2.90. The molecule has 0 amide bonds. The Hall–Kier alpha value is -1.75. The zero-order valence-corrected chi connectivity index (χ0v) is 10.5. The van der Waals surface area contributed by atoms with Crippen LogP contribution in [0.3, 0.4) is 0 Å². The smallest absolute Gasteiger partial charge is 0.223 e. The molecule has 0 fully saturated rings. The van der Waals surface area contributed by atoms with Crippen LogP contribution in [0.15, 0.2) is 6.07 Å². The van der Waals surface area contributed by atoms with Gasteiger partial charge in [-0.2, -0.15) is 0 Å².